The fourth-order valence-electron chi connectivity index (χ4n) is 2.94. The van der Waals surface area contributed by atoms with Crippen molar-refractivity contribution in [3.05, 3.63) is 59.8 Å². The van der Waals surface area contributed by atoms with Crippen LogP contribution in [0.1, 0.15) is 29.8 Å². The predicted octanol–water partition coefficient (Wildman–Crippen LogP) is 3.94. The van der Waals surface area contributed by atoms with E-state index >= 15 is 0 Å². The van der Waals surface area contributed by atoms with Gasteiger partial charge in [-0.1, -0.05) is 18.2 Å². The molecule has 0 aliphatic rings. The first-order valence-corrected chi connectivity index (χ1v) is 8.95. The molecular weight excluding hydrogens is 328 g/mol. The van der Waals surface area contributed by atoms with Crippen LogP contribution < -0.4 is 14.8 Å². The van der Waals surface area contributed by atoms with Crippen LogP contribution in [-0.4, -0.2) is 30.6 Å². The van der Waals surface area contributed by atoms with Gasteiger partial charge in [0.05, 0.1) is 13.2 Å². The summed E-state index contributed by atoms with van der Waals surface area (Å²) < 4.78 is 11.1. The zero-order valence-electron chi connectivity index (χ0n) is 15.2. The van der Waals surface area contributed by atoms with Crippen LogP contribution in [0.15, 0.2) is 48.7 Å². The number of ether oxygens (including phenoxy) is 2. The van der Waals surface area contributed by atoms with Gasteiger partial charge in [-0.3, -0.25) is 4.79 Å². The summed E-state index contributed by atoms with van der Waals surface area (Å²) in [5, 5.41) is 4.17. The third-order valence-corrected chi connectivity index (χ3v) is 4.16. The molecule has 26 heavy (non-hydrogen) atoms. The number of hydrogen-bond donors (Lipinski definition) is 2. The fourth-order valence-corrected chi connectivity index (χ4v) is 2.94. The Labute approximate surface area is 153 Å². The van der Waals surface area contributed by atoms with Crippen molar-refractivity contribution in [3.8, 4) is 11.5 Å². The number of rotatable bonds is 8. The van der Waals surface area contributed by atoms with Gasteiger partial charge in [-0.25, -0.2) is 0 Å². The van der Waals surface area contributed by atoms with Gasteiger partial charge in [0.15, 0.2) is 11.5 Å². The lowest BCUT2D eigenvalue weighted by molar-refractivity contribution is 0.0953. The highest BCUT2D eigenvalue weighted by Gasteiger charge is 2.11. The maximum atomic E-state index is 12.4. The summed E-state index contributed by atoms with van der Waals surface area (Å²) in [6, 6.07) is 13.4. The first-order chi connectivity index (χ1) is 12.7. The minimum Gasteiger partial charge on any atom is -0.490 e. The van der Waals surface area contributed by atoms with Gasteiger partial charge in [0.25, 0.3) is 5.91 Å². The van der Waals surface area contributed by atoms with Crippen LogP contribution in [0.3, 0.4) is 0 Å². The summed E-state index contributed by atoms with van der Waals surface area (Å²) in [5.41, 5.74) is 2.88. The lowest BCUT2D eigenvalue weighted by Gasteiger charge is -2.12. The van der Waals surface area contributed by atoms with Crippen LogP contribution in [0, 0.1) is 0 Å². The molecule has 2 aromatic carbocycles. The van der Waals surface area contributed by atoms with E-state index < -0.39 is 0 Å². The summed E-state index contributed by atoms with van der Waals surface area (Å²) in [5.74, 6) is 1.14. The van der Waals surface area contributed by atoms with E-state index in [0.717, 1.165) is 11.9 Å². The molecule has 0 atom stereocenters. The van der Waals surface area contributed by atoms with E-state index in [1.807, 2.05) is 38.2 Å². The Morgan fingerprint density at radius 3 is 2.62 bits per heavy atom. The molecule has 0 fully saturated rings. The number of fused-ring (bicyclic) bond motifs is 1. The molecule has 0 saturated carbocycles. The third-order valence-electron chi connectivity index (χ3n) is 4.16. The maximum absolute atomic E-state index is 12.4. The van der Waals surface area contributed by atoms with E-state index in [9.17, 15) is 4.79 Å². The molecule has 0 unspecified atom stereocenters. The van der Waals surface area contributed by atoms with Crippen LogP contribution in [0.4, 0.5) is 0 Å². The van der Waals surface area contributed by atoms with Gasteiger partial charge in [-0.2, -0.15) is 0 Å². The van der Waals surface area contributed by atoms with E-state index in [2.05, 4.69) is 16.4 Å². The molecule has 136 valence electrons. The van der Waals surface area contributed by atoms with Gasteiger partial charge >= 0.3 is 0 Å². The summed E-state index contributed by atoms with van der Waals surface area (Å²) in [4.78, 5) is 15.7. The monoisotopic (exact) mass is 352 g/mol. The Bertz CT molecular complexity index is 886. The first kappa shape index (κ1) is 17.9. The van der Waals surface area contributed by atoms with Crippen molar-refractivity contribution in [2.45, 2.75) is 20.3 Å². The molecule has 5 nitrogen and oxygen atoms in total. The second kappa shape index (κ2) is 8.43. The maximum Gasteiger partial charge on any atom is 0.251 e. The SMILES string of the molecule is CCOc1ccc(C(=O)NCCc2c[nH]c3ccccc23)cc1OCC. The summed E-state index contributed by atoms with van der Waals surface area (Å²) in [7, 11) is 0. The van der Waals surface area contributed by atoms with E-state index in [1.165, 1.54) is 10.9 Å². The number of hydrogen-bond acceptors (Lipinski definition) is 3. The molecule has 3 aromatic rings. The average molecular weight is 352 g/mol. The quantitative estimate of drug-likeness (QED) is 0.645. The van der Waals surface area contributed by atoms with Gasteiger partial charge in [-0.05, 0) is 50.1 Å². The highest BCUT2D eigenvalue weighted by Crippen LogP contribution is 2.28. The number of aromatic amines is 1. The molecule has 1 amide bonds. The number of para-hydroxylation sites is 1. The summed E-state index contributed by atoms with van der Waals surface area (Å²) in [6.45, 7) is 5.46. The van der Waals surface area contributed by atoms with Crippen molar-refractivity contribution in [1.29, 1.82) is 0 Å². The van der Waals surface area contributed by atoms with Crippen LogP contribution in [0.5, 0.6) is 11.5 Å². The number of H-pyrrole nitrogens is 1. The van der Waals surface area contributed by atoms with Crippen LogP contribution in [-0.2, 0) is 6.42 Å². The van der Waals surface area contributed by atoms with Crippen LogP contribution in [0.2, 0.25) is 0 Å². The molecule has 0 spiro atoms. The zero-order chi connectivity index (χ0) is 18.4. The zero-order valence-corrected chi connectivity index (χ0v) is 15.2. The third kappa shape index (κ3) is 3.99. The molecule has 0 aliphatic heterocycles. The van der Waals surface area contributed by atoms with Crippen molar-refractivity contribution in [3.63, 3.8) is 0 Å². The molecule has 1 aromatic heterocycles. The average Bonchev–Trinajstić information content (AvgIpc) is 3.07. The van der Waals surface area contributed by atoms with Crippen molar-refractivity contribution in [1.82, 2.24) is 10.3 Å². The van der Waals surface area contributed by atoms with Crippen molar-refractivity contribution < 1.29 is 14.3 Å². The molecular formula is C21H24N2O3. The van der Waals surface area contributed by atoms with E-state index in [4.69, 9.17) is 9.47 Å². The second-order valence-corrected chi connectivity index (χ2v) is 5.89. The van der Waals surface area contributed by atoms with Gasteiger partial charge < -0.3 is 19.8 Å². The van der Waals surface area contributed by atoms with Crippen LogP contribution >= 0.6 is 0 Å². The topological polar surface area (TPSA) is 63.3 Å². The van der Waals surface area contributed by atoms with Crippen molar-refractivity contribution in [2.75, 3.05) is 19.8 Å². The van der Waals surface area contributed by atoms with E-state index in [1.54, 1.807) is 18.2 Å². The lowest BCUT2D eigenvalue weighted by atomic mass is 10.1. The largest absolute Gasteiger partial charge is 0.490 e. The Balaban J connectivity index is 1.63. The first-order valence-electron chi connectivity index (χ1n) is 8.95. The van der Waals surface area contributed by atoms with Gasteiger partial charge in [0.2, 0.25) is 0 Å². The smallest absolute Gasteiger partial charge is 0.251 e. The highest BCUT2D eigenvalue weighted by molar-refractivity contribution is 5.95. The minimum atomic E-state index is -0.117. The minimum absolute atomic E-state index is 0.117. The molecule has 0 radical (unpaired) electrons. The molecule has 0 bridgehead atoms. The number of amides is 1. The van der Waals surface area contributed by atoms with Crippen molar-refractivity contribution >= 4 is 16.8 Å². The molecule has 5 heteroatoms. The number of benzene rings is 2. The molecule has 0 saturated heterocycles. The number of aromatic nitrogens is 1. The van der Waals surface area contributed by atoms with E-state index in [-0.39, 0.29) is 5.91 Å². The van der Waals surface area contributed by atoms with Gasteiger partial charge in [0, 0.05) is 29.2 Å². The Kier molecular flexibility index (Phi) is 5.79. The predicted molar refractivity (Wildman–Crippen MR) is 103 cm³/mol. The highest BCUT2D eigenvalue weighted by atomic mass is 16.5. The van der Waals surface area contributed by atoms with Crippen molar-refractivity contribution in [2.24, 2.45) is 0 Å². The number of carbonyl (C=O) groups is 1. The van der Waals surface area contributed by atoms with Crippen LogP contribution in [0.25, 0.3) is 10.9 Å². The second-order valence-electron chi connectivity index (χ2n) is 5.89. The van der Waals surface area contributed by atoms with Gasteiger partial charge in [0.1, 0.15) is 0 Å². The van der Waals surface area contributed by atoms with Gasteiger partial charge in [-0.15, -0.1) is 0 Å². The number of carbonyl (C=O) groups excluding carboxylic acids is 1. The molecule has 2 N–H and O–H groups in total. The summed E-state index contributed by atoms with van der Waals surface area (Å²) >= 11 is 0. The Hall–Kier alpha value is -2.95. The number of nitrogens with one attached hydrogen (secondary N) is 2. The fraction of sp³-hybridized carbons (Fsp3) is 0.286. The molecule has 3 rings (SSSR count). The Morgan fingerprint density at radius 2 is 1.81 bits per heavy atom. The Morgan fingerprint density at radius 1 is 1.04 bits per heavy atom. The molecule has 0 aliphatic carbocycles. The standard InChI is InChI=1S/C21H24N2O3/c1-3-25-19-10-9-15(13-20(19)26-4-2)21(24)22-12-11-16-14-23-18-8-6-5-7-17(16)18/h5-10,13-14,23H,3-4,11-12H2,1-2H3,(H,22,24). The summed E-state index contributed by atoms with van der Waals surface area (Å²) in [6.07, 6.45) is 2.77. The normalized spacial score (nSPS) is 10.7. The lowest BCUT2D eigenvalue weighted by Crippen LogP contribution is -2.25. The van der Waals surface area contributed by atoms with E-state index in [0.29, 0.717) is 36.8 Å². The molecule has 1 heterocycles.